The summed E-state index contributed by atoms with van der Waals surface area (Å²) >= 11 is 0. The minimum absolute atomic E-state index is 0. The predicted octanol–water partition coefficient (Wildman–Crippen LogP) is 2.09. The lowest BCUT2D eigenvalue weighted by Gasteiger charge is -2.32. The van der Waals surface area contributed by atoms with Gasteiger partial charge >= 0.3 is 6.09 Å². The van der Waals surface area contributed by atoms with E-state index in [1.165, 1.54) is 0 Å². The van der Waals surface area contributed by atoms with Crippen molar-refractivity contribution in [3.05, 3.63) is 0 Å². The van der Waals surface area contributed by atoms with Crippen molar-refractivity contribution in [2.75, 3.05) is 66.6 Å². The zero-order valence-electron chi connectivity index (χ0n) is 18.9. The van der Waals surface area contributed by atoms with Crippen molar-refractivity contribution < 1.29 is 14.3 Å². The second-order valence-corrected chi connectivity index (χ2v) is 8.93. The Morgan fingerprint density at radius 2 is 1.97 bits per heavy atom. The van der Waals surface area contributed by atoms with Gasteiger partial charge in [0.1, 0.15) is 5.60 Å². The molecule has 1 amide bonds. The normalized spacial score (nSPS) is 22.1. The molecule has 2 fully saturated rings. The van der Waals surface area contributed by atoms with Crippen LogP contribution in [0.25, 0.3) is 0 Å². The molecule has 0 aromatic carbocycles. The molecule has 170 valence electrons. The number of amides is 1. The largest absolute Gasteiger partial charge is 0.444 e. The maximum atomic E-state index is 12.1. The average Bonchev–Trinajstić information content (AvgIpc) is 3.11. The first-order chi connectivity index (χ1) is 13.2. The van der Waals surface area contributed by atoms with E-state index in [0.717, 1.165) is 58.3 Å². The van der Waals surface area contributed by atoms with Gasteiger partial charge < -0.3 is 24.6 Å². The Morgan fingerprint density at radius 1 is 1.31 bits per heavy atom. The van der Waals surface area contributed by atoms with E-state index in [0.29, 0.717) is 12.6 Å². The summed E-state index contributed by atoms with van der Waals surface area (Å²) in [4.78, 5) is 23.1. The molecule has 2 heterocycles. The van der Waals surface area contributed by atoms with Crippen LogP contribution < -0.4 is 5.32 Å². The minimum Gasteiger partial charge on any atom is -0.444 e. The first-order valence-electron chi connectivity index (χ1n) is 10.4. The molecule has 2 aliphatic heterocycles. The molecule has 0 saturated carbocycles. The van der Waals surface area contributed by atoms with Gasteiger partial charge in [0.25, 0.3) is 0 Å². The Morgan fingerprint density at radius 3 is 2.55 bits per heavy atom. The SMILES string of the molecule is CN=C(NCC(C)CN(C)C(=O)OC(C)(C)C)N1CCC(N2CCOCC2)C1.I. The van der Waals surface area contributed by atoms with E-state index in [1.54, 1.807) is 11.9 Å². The fourth-order valence-electron chi connectivity index (χ4n) is 3.72. The first kappa shape index (κ1) is 26.2. The van der Waals surface area contributed by atoms with Crippen LogP contribution in [0, 0.1) is 5.92 Å². The fraction of sp³-hybridized carbons (Fsp3) is 0.900. The van der Waals surface area contributed by atoms with Crippen LogP contribution in [-0.2, 0) is 9.47 Å². The van der Waals surface area contributed by atoms with E-state index < -0.39 is 5.60 Å². The topological polar surface area (TPSA) is 69.6 Å². The third kappa shape index (κ3) is 8.84. The van der Waals surface area contributed by atoms with E-state index in [4.69, 9.17) is 9.47 Å². The first-order valence-corrected chi connectivity index (χ1v) is 10.4. The lowest BCUT2D eigenvalue weighted by Crippen LogP contribution is -2.47. The molecule has 1 N–H and O–H groups in total. The van der Waals surface area contributed by atoms with Crippen molar-refractivity contribution in [2.24, 2.45) is 10.9 Å². The highest BCUT2D eigenvalue weighted by atomic mass is 127. The van der Waals surface area contributed by atoms with Crippen LogP contribution in [0.2, 0.25) is 0 Å². The van der Waals surface area contributed by atoms with E-state index in [9.17, 15) is 4.79 Å². The molecule has 2 aliphatic rings. The second kappa shape index (κ2) is 12.1. The smallest absolute Gasteiger partial charge is 0.410 e. The predicted molar refractivity (Wildman–Crippen MR) is 127 cm³/mol. The lowest BCUT2D eigenvalue weighted by atomic mass is 10.1. The van der Waals surface area contributed by atoms with Gasteiger partial charge in [0.05, 0.1) is 13.2 Å². The van der Waals surface area contributed by atoms with Gasteiger partial charge in [0, 0.05) is 59.4 Å². The lowest BCUT2D eigenvalue weighted by molar-refractivity contribution is 0.0195. The van der Waals surface area contributed by atoms with Gasteiger partial charge in [0.2, 0.25) is 0 Å². The van der Waals surface area contributed by atoms with Crippen molar-refractivity contribution >= 4 is 36.0 Å². The van der Waals surface area contributed by atoms with Gasteiger partial charge in [-0.05, 0) is 33.1 Å². The minimum atomic E-state index is -0.471. The van der Waals surface area contributed by atoms with Crippen LogP contribution in [0.4, 0.5) is 4.79 Å². The van der Waals surface area contributed by atoms with Gasteiger partial charge in [-0.3, -0.25) is 9.89 Å². The Kier molecular flexibility index (Phi) is 11.0. The molecule has 2 rings (SSSR count). The Hall–Kier alpha value is -0.810. The number of aliphatic imine (C=N–C) groups is 1. The van der Waals surface area contributed by atoms with Gasteiger partial charge in [-0.2, -0.15) is 0 Å². The van der Waals surface area contributed by atoms with E-state index in [-0.39, 0.29) is 36.0 Å². The zero-order valence-corrected chi connectivity index (χ0v) is 21.3. The number of likely N-dealkylation sites (tertiary alicyclic amines) is 1. The molecule has 0 aliphatic carbocycles. The number of hydrogen-bond acceptors (Lipinski definition) is 5. The molecule has 2 saturated heterocycles. The standard InChI is InChI=1S/C20H39N5O3.HI/c1-16(14-23(6)19(26)28-20(2,3)4)13-22-18(21-5)25-8-7-17(15-25)24-9-11-27-12-10-24;/h16-17H,7-15H2,1-6H3,(H,21,22);1H. The average molecular weight is 525 g/mol. The highest BCUT2D eigenvalue weighted by molar-refractivity contribution is 14.0. The van der Waals surface area contributed by atoms with Crippen molar-refractivity contribution in [3.63, 3.8) is 0 Å². The number of guanidine groups is 1. The Balaban J connectivity index is 0.00000420. The Bertz CT molecular complexity index is 535. The van der Waals surface area contributed by atoms with Gasteiger partial charge in [0.15, 0.2) is 5.96 Å². The van der Waals surface area contributed by atoms with Crippen molar-refractivity contribution in [2.45, 2.75) is 45.8 Å². The Labute approximate surface area is 193 Å². The number of rotatable bonds is 5. The summed E-state index contributed by atoms with van der Waals surface area (Å²) < 4.78 is 10.9. The monoisotopic (exact) mass is 525 g/mol. The maximum Gasteiger partial charge on any atom is 0.410 e. The van der Waals surface area contributed by atoms with Gasteiger partial charge in [-0.15, -0.1) is 24.0 Å². The summed E-state index contributed by atoms with van der Waals surface area (Å²) in [5.41, 5.74) is -0.471. The third-order valence-corrected chi connectivity index (χ3v) is 5.14. The number of hydrogen-bond donors (Lipinski definition) is 1. The molecule has 2 atom stereocenters. The summed E-state index contributed by atoms with van der Waals surface area (Å²) in [5.74, 6) is 1.23. The second-order valence-electron chi connectivity index (χ2n) is 8.93. The number of morpholine rings is 1. The van der Waals surface area contributed by atoms with E-state index in [2.05, 4.69) is 27.0 Å². The highest BCUT2D eigenvalue weighted by Crippen LogP contribution is 2.17. The van der Waals surface area contributed by atoms with Gasteiger partial charge in [-0.1, -0.05) is 6.92 Å². The fourth-order valence-corrected chi connectivity index (χ4v) is 3.72. The molecular weight excluding hydrogens is 485 g/mol. The molecular formula is C20H40IN5O3. The number of nitrogens with one attached hydrogen (secondary N) is 1. The molecule has 9 heteroatoms. The van der Waals surface area contributed by atoms with Crippen LogP contribution in [0.5, 0.6) is 0 Å². The molecule has 2 unspecified atom stereocenters. The van der Waals surface area contributed by atoms with Gasteiger partial charge in [-0.25, -0.2) is 4.79 Å². The van der Waals surface area contributed by atoms with E-state index in [1.807, 2.05) is 27.8 Å². The molecule has 8 nitrogen and oxygen atoms in total. The number of carbonyl (C=O) groups is 1. The summed E-state index contributed by atoms with van der Waals surface area (Å²) in [6.45, 7) is 14.9. The molecule has 0 aromatic heterocycles. The van der Waals surface area contributed by atoms with Crippen molar-refractivity contribution in [3.8, 4) is 0 Å². The van der Waals surface area contributed by atoms with Crippen LogP contribution in [0.3, 0.4) is 0 Å². The van der Waals surface area contributed by atoms with Crippen LogP contribution >= 0.6 is 24.0 Å². The number of ether oxygens (including phenoxy) is 2. The molecule has 0 bridgehead atoms. The van der Waals surface area contributed by atoms with Crippen molar-refractivity contribution in [1.82, 2.24) is 20.0 Å². The third-order valence-electron chi connectivity index (χ3n) is 5.14. The molecule has 0 radical (unpaired) electrons. The summed E-state index contributed by atoms with van der Waals surface area (Å²) in [6, 6.07) is 0.582. The number of nitrogens with zero attached hydrogens (tertiary/aromatic N) is 4. The zero-order chi connectivity index (χ0) is 20.7. The maximum absolute atomic E-state index is 12.1. The molecule has 0 aromatic rings. The number of halogens is 1. The van der Waals surface area contributed by atoms with Crippen LogP contribution in [0.1, 0.15) is 34.1 Å². The van der Waals surface area contributed by atoms with E-state index >= 15 is 0 Å². The number of carbonyl (C=O) groups excluding carboxylic acids is 1. The highest BCUT2D eigenvalue weighted by Gasteiger charge is 2.30. The van der Waals surface area contributed by atoms with Crippen LogP contribution in [-0.4, -0.2) is 105 Å². The van der Waals surface area contributed by atoms with Crippen LogP contribution in [0.15, 0.2) is 4.99 Å². The summed E-state index contributed by atoms with van der Waals surface area (Å²) in [7, 11) is 3.62. The molecule has 0 spiro atoms. The van der Waals surface area contributed by atoms with Crippen molar-refractivity contribution in [1.29, 1.82) is 0 Å². The quantitative estimate of drug-likeness (QED) is 0.337. The summed E-state index contributed by atoms with van der Waals surface area (Å²) in [5, 5.41) is 3.48. The summed E-state index contributed by atoms with van der Waals surface area (Å²) in [6.07, 6.45) is 0.883. The molecule has 29 heavy (non-hydrogen) atoms.